The van der Waals surface area contributed by atoms with E-state index in [-0.39, 0.29) is 0 Å². The van der Waals surface area contributed by atoms with Gasteiger partial charge in [0.15, 0.2) is 0 Å². The fraction of sp³-hybridized carbons (Fsp3) is 0.107. The number of allylic oxidation sites excluding steroid dienone is 5. The van der Waals surface area contributed by atoms with Crippen LogP contribution in [0.2, 0.25) is 0 Å². The molecule has 0 bridgehead atoms. The molecule has 2 aromatic heterocycles. The number of para-hydroxylation sites is 1. The largest absolute Gasteiger partial charge is 0.418 e. The summed E-state index contributed by atoms with van der Waals surface area (Å²) >= 11 is 0. The van der Waals surface area contributed by atoms with Gasteiger partial charge in [-0.15, -0.1) is 10.2 Å². The van der Waals surface area contributed by atoms with Crippen molar-refractivity contribution in [3.8, 4) is 28.4 Å². The highest BCUT2D eigenvalue weighted by atomic mass is 16.4. The van der Waals surface area contributed by atoms with Crippen LogP contribution in [0, 0.1) is 6.92 Å². The first-order valence-corrected chi connectivity index (χ1v) is 11.1. The van der Waals surface area contributed by atoms with Gasteiger partial charge in [0.2, 0.25) is 5.89 Å². The highest BCUT2D eigenvalue weighted by molar-refractivity contribution is 5.79. The summed E-state index contributed by atoms with van der Waals surface area (Å²) in [5.74, 6) is 0.775. The molecule has 4 aromatic rings. The Bertz CT molecular complexity index is 1410. The molecule has 1 atom stereocenters. The Balaban J connectivity index is 1.57. The Morgan fingerprint density at radius 2 is 1.76 bits per heavy atom. The second-order valence-corrected chi connectivity index (χ2v) is 8.25. The van der Waals surface area contributed by atoms with Crippen LogP contribution in [-0.2, 0) is 5.54 Å². The van der Waals surface area contributed by atoms with Crippen LogP contribution in [0.15, 0.2) is 114 Å². The van der Waals surface area contributed by atoms with Gasteiger partial charge in [0.1, 0.15) is 11.2 Å². The van der Waals surface area contributed by atoms with Gasteiger partial charge >= 0.3 is 0 Å². The Labute approximate surface area is 198 Å². The van der Waals surface area contributed by atoms with Gasteiger partial charge < -0.3 is 10.2 Å². The van der Waals surface area contributed by atoms with Crippen LogP contribution in [0.4, 0.5) is 0 Å². The van der Waals surface area contributed by atoms with E-state index in [1.165, 1.54) is 0 Å². The van der Waals surface area contributed by atoms with E-state index in [2.05, 4.69) is 16.8 Å². The Hall–Kier alpha value is -4.29. The fourth-order valence-corrected chi connectivity index (χ4v) is 4.12. The maximum Gasteiger partial charge on any atom is 0.251 e. The van der Waals surface area contributed by atoms with Crippen LogP contribution in [0.25, 0.3) is 28.4 Å². The minimum absolute atomic E-state index is 0.376. The molecule has 0 unspecified atom stereocenters. The lowest BCUT2D eigenvalue weighted by atomic mass is 9.99. The molecule has 2 heterocycles. The predicted octanol–water partition coefficient (Wildman–Crippen LogP) is 5.68. The van der Waals surface area contributed by atoms with Gasteiger partial charge in [-0.2, -0.15) is 5.10 Å². The third kappa shape index (κ3) is 3.95. The highest BCUT2D eigenvalue weighted by Gasteiger charge is 2.36. The Kier molecular flexibility index (Phi) is 5.65. The summed E-state index contributed by atoms with van der Waals surface area (Å²) in [6.45, 7) is 5.70. The number of nitrogens with two attached hydrogens (primary N) is 1. The van der Waals surface area contributed by atoms with Crippen molar-refractivity contribution in [1.29, 1.82) is 0 Å². The fourth-order valence-electron chi connectivity index (χ4n) is 4.12. The van der Waals surface area contributed by atoms with E-state index in [0.717, 1.165) is 33.8 Å². The van der Waals surface area contributed by atoms with Crippen molar-refractivity contribution in [3.05, 3.63) is 121 Å². The molecule has 5 rings (SSSR count). The number of benzene rings is 2. The standard InChI is InChI=1S/C28H25N5O/c1-3-4-7-12-21-17-18-28(29,19-21)27-31-30-26(34-27)24-20(2)33(23-15-10-6-11-16-23)32-25(24)22-13-8-5-9-14-22/h3-18H,1,19,29H2,2H3/b7-4-,21-12+/t28-/m1/s1. The topological polar surface area (TPSA) is 82.8 Å². The van der Waals surface area contributed by atoms with Crippen LogP contribution in [0.3, 0.4) is 0 Å². The zero-order chi connectivity index (χ0) is 23.5. The van der Waals surface area contributed by atoms with E-state index < -0.39 is 5.54 Å². The first-order valence-electron chi connectivity index (χ1n) is 11.1. The molecule has 168 valence electrons. The van der Waals surface area contributed by atoms with Crippen molar-refractivity contribution >= 4 is 0 Å². The van der Waals surface area contributed by atoms with E-state index in [4.69, 9.17) is 15.2 Å². The van der Waals surface area contributed by atoms with E-state index in [0.29, 0.717) is 18.2 Å². The number of hydrogen-bond acceptors (Lipinski definition) is 5. The molecular formula is C28H25N5O. The minimum atomic E-state index is -0.852. The maximum absolute atomic E-state index is 6.66. The molecule has 1 aliphatic rings. The molecule has 0 spiro atoms. The second-order valence-electron chi connectivity index (χ2n) is 8.25. The monoisotopic (exact) mass is 447 g/mol. The van der Waals surface area contributed by atoms with Crippen LogP contribution in [-0.4, -0.2) is 20.0 Å². The van der Waals surface area contributed by atoms with Gasteiger partial charge in [-0.25, -0.2) is 4.68 Å². The highest BCUT2D eigenvalue weighted by Crippen LogP contribution is 2.38. The molecule has 1 aliphatic carbocycles. The summed E-state index contributed by atoms with van der Waals surface area (Å²) in [4.78, 5) is 0. The zero-order valence-electron chi connectivity index (χ0n) is 18.9. The molecule has 0 saturated carbocycles. The van der Waals surface area contributed by atoms with E-state index >= 15 is 0 Å². The van der Waals surface area contributed by atoms with Gasteiger partial charge in [0, 0.05) is 12.0 Å². The average Bonchev–Trinajstić information content (AvgIpc) is 3.58. The summed E-state index contributed by atoms with van der Waals surface area (Å²) in [7, 11) is 0. The van der Waals surface area contributed by atoms with Gasteiger partial charge in [-0.3, -0.25) is 0 Å². The Morgan fingerprint density at radius 3 is 2.50 bits per heavy atom. The van der Waals surface area contributed by atoms with Gasteiger partial charge in [0.05, 0.1) is 16.9 Å². The first kappa shape index (κ1) is 21.6. The number of nitrogens with zero attached hydrogens (tertiary/aromatic N) is 4. The van der Waals surface area contributed by atoms with Crippen molar-refractivity contribution < 1.29 is 4.42 Å². The van der Waals surface area contributed by atoms with E-state index in [9.17, 15) is 0 Å². The summed E-state index contributed by atoms with van der Waals surface area (Å²) < 4.78 is 8.11. The summed E-state index contributed by atoms with van der Waals surface area (Å²) in [6, 6.07) is 20.0. The number of hydrogen-bond donors (Lipinski definition) is 1. The van der Waals surface area contributed by atoms with Crippen molar-refractivity contribution in [2.45, 2.75) is 18.9 Å². The third-order valence-electron chi connectivity index (χ3n) is 5.85. The lowest BCUT2D eigenvalue weighted by molar-refractivity contribution is 0.399. The maximum atomic E-state index is 6.66. The average molecular weight is 448 g/mol. The number of aromatic nitrogens is 4. The zero-order valence-corrected chi connectivity index (χ0v) is 18.9. The molecule has 2 aromatic carbocycles. The quantitative estimate of drug-likeness (QED) is 0.385. The molecule has 0 saturated heterocycles. The molecule has 34 heavy (non-hydrogen) atoms. The lowest BCUT2D eigenvalue weighted by Gasteiger charge is -2.16. The molecular weight excluding hydrogens is 422 g/mol. The first-order chi connectivity index (χ1) is 16.6. The molecule has 0 radical (unpaired) electrons. The molecule has 0 fully saturated rings. The van der Waals surface area contributed by atoms with Crippen molar-refractivity contribution in [2.24, 2.45) is 5.73 Å². The molecule has 6 heteroatoms. The van der Waals surface area contributed by atoms with Crippen LogP contribution >= 0.6 is 0 Å². The third-order valence-corrected chi connectivity index (χ3v) is 5.85. The molecule has 6 nitrogen and oxygen atoms in total. The van der Waals surface area contributed by atoms with Crippen LogP contribution in [0.1, 0.15) is 18.0 Å². The smallest absolute Gasteiger partial charge is 0.251 e. The van der Waals surface area contributed by atoms with Crippen LogP contribution < -0.4 is 5.73 Å². The summed E-state index contributed by atoms with van der Waals surface area (Å²) in [5.41, 5.74) is 11.3. The molecule has 0 amide bonds. The Morgan fingerprint density at radius 1 is 1.03 bits per heavy atom. The van der Waals surface area contributed by atoms with Crippen molar-refractivity contribution in [1.82, 2.24) is 20.0 Å². The molecule has 2 N–H and O–H groups in total. The van der Waals surface area contributed by atoms with Crippen molar-refractivity contribution in [3.63, 3.8) is 0 Å². The van der Waals surface area contributed by atoms with Gasteiger partial charge in [0.25, 0.3) is 5.89 Å². The SMILES string of the molecule is C=C/C=C\C=C1/C=C[C@](N)(c2nnc(-c3c(-c4ccccc4)nn(-c4ccccc4)c3C)o2)C1. The molecule has 0 aliphatic heterocycles. The van der Waals surface area contributed by atoms with Crippen molar-refractivity contribution in [2.75, 3.05) is 0 Å². The normalized spacial score (nSPS) is 18.8. The van der Waals surface area contributed by atoms with E-state index in [1.54, 1.807) is 6.08 Å². The second kappa shape index (κ2) is 8.92. The summed E-state index contributed by atoms with van der Waals surface area (Å²) in [5, 5.41) is 13.7. The minimum Gasteiger partial charge on any atom is -0.418 e. The van der Waals surface area contributed by atoms with Gasteiger partial charge in [-0.1, -0.05) is 91.6 Å². The summed E-state index contributed by atoms with van der Waals surface area (Å²) in [6.07, 6.45) is 12.0. The van der Waals surface area contributed by atoms with Gasteiger partial charge in [-0.05, 0) is 24.6 Å². The van der Waals surface area contributed by atoms with Crippen LogP contribution in [0.5, 0.6) is 0 Å². The lowest BCUT2D eigenvalue weighted by Crippen LogP contribution is -2.32. The predicted molar refractivity (Wildman–Crippen MR) is 134 cm³/mol. The number of rotatable bonds is 6. The van der Waals surface area contributed by atoms with E-state index in [1.807, 2.05) is 103 Å².